The Balaban J connectivity index is 1.86. The van der Waals surface area contributed by atoms with Crippen molar-refractivity contribution in [3.05, 3.63) is 64.5 Å². The van der Waals surface area contributed by atoms with Crippen LogP contribution in [0.15, 0.2) is 36.4 Å². The highest BCUT2D eigenvalue weighted by Crippen LogP contribution is 2.28. The lowest BCUT2D eigenvalue weighted by molar-refractivity contribution is 0.102. The first-order valence-electron chi connectivity index (χ1n) is 6.91. The maximum atomic E-state index is 13.6. The predicted octanol–water partition coefficient (Wildman–Crippen LogP) is 3.33. The van der Waals surface area contributed by atoms with Gasteiger partial charge >= 0.3 is 0 Å². The van der Waals surface area contributed by atoms with Gasteiger partial charge in [-0.3, -0.25) is 9.69 Å². The number of nitrogens with zero attached hydrogens (tertiary/aromatic N) is 1. The molecule has 21 heavy (non-hydrogen) atoms. The van der Waals surface area contributed by atoms with Crippen LogP contribution in [-0.2, 0) is 13.1 Å². The number of amides is 1. The molecule has 0 bridgehead atoms. The van der Waals surface area contributed by atoms with Gasteiger partial charge in [0.05, 0.1) is 0 Å². The van der Waals surface area contributed by atoms with Crippen LogP contribution in [0.5, 0.6) is 0 Å². The molecule has 0 radical (unpaired) electrons. The number of fused-ring (bicyclic) bond motifs is 1. The smallest absolute Gasteiger partial charge is 0.255 e. The molecule has 0 saturated heterocycles. The van der Waals surface area contributed by atoms with Gasteiger partial charge in [0, 0.05) is 24.3 Å². The third-order valence-corrected chi connectivity index (χ3v) is 3.82. The molecule has 0 saturated carbocycles. The van der Waals surface area contributed by atoms with E-state index in [0.29, 0.717) is 11.1 Å². The van der Waals surface area contributed by atoms with Crippen LogP contribution in [0, 0.1) is 12.7 Å². The van der Waals surface area contributed by atoms with Crippen molar-refractivity contribution in [2.75, 3.05) is 12.4 Å². The van der Waals surface area contributed by atoms with Crippen LogP contribution in [0.1, 0.15) is 27.0 Å². The number of nitrogens with one attached hydrogen (secondary N) is 1. The Morgan fingerprint density at radius 2 is 2.05 bits per heavy atom. The highest BCUT2D eigenvalue weighted by Gasteiger charge is 2.19. The standard InChI is InChI=1S/C17H17FN2O/c1-11-6-7-12(8-15(11)18)17(21)19-16-5-3-4-13-9-20(2)10-14(13)16/h3-8H,9-10H2,1-2H3,(H,19,21). The Hall–Kier alpha value is -2.20. The zero-order valence-electron chi connectivity index (χ0n) is 12.1. The van der Waals surface area contributed by atoms with Gasteiger partial charge in [0.2, 0.25) is 0 Å². The van der Waals surface area contributed by atoms with Crippen molar-refractivity contribution >= 4 is 11.6 Å². The summed E-state index contributed by atoms with van der Waals surface area (Å²) in [6.45, 7) is 3.38. The molecule has 0 unspecified atom stereocenters. The lowest BCUT2D eigenvalue weighted by atomic mass is 10.1. The summed E-state index contributed by atoms with van der Waals surface area (Å²) in [4.78, 5) is 14.5. The third-order valence-electron chi connectivity index (χ3n) is 3.82. The number of carbonyl (C=O) groups is 1. The van der Waals surface area contributed by atoms with Gasteiger partial charge in [0.15, 0.2) is 0 Å². The lowest BCUT2D eigenvalue weighted by Crippen LogP contribution is -2.14. The summed E-state index contributed by atoms with van der Waals surface area (Å²) in [6.07, 6.45) is 0. The molecule has 3 nitrogen and oxygen atoms in total. The average molecular weight is 284 g/mol. The summed E-state index contributed by atoms with van der Waals surface area (Å²) in [5, 5.41) is 2.89. The fourth-order valence-electron chi connectivity index (χ4n) is 2.63. The van der Waals surface area contributed by atoms with Crippen molar-refractivity contribution in [1.29, 1.82) is 0 Å². The second kappa shape index (κ2) is 5.30. The molecule has 3 rings (SSSR count). The summed E-state index contributed by atoms with van der Waals surface area (Å²) in [5.41, 5.74) is 4.05. The second-order valence-electron chi connectivity index (χ2n) is 5.53. The number of benzene rings is 2. The molecule has 1 amide bonds. The number of rotatable bonds is 2. The zero-order chi connectivity index (χ0) is 15.0. The number of halogens is 1. The minimum atomic E-state index is -0.360. The molecule has 0 aliphatic carbocycles. The topological polar surface area (TPSA) is 32.3 Å². The highest BCUT2D eigenvalue weighted by atomic mass is 19.1. The van der Waals surface area contributed by atoms with E-state index in [2.05, 4.69) is 16.3 Å². The average Bonchev–Trinajstić information content (AvgIpc) is 2.83. The number of aryl methyl sites for hydroxylation is 1. The quantitative estimate of drug-likeness (QED) is 0.917. The molecular formula is C17H17FN2O. The number of hydrogen-bond acceptors (Lipinski definition) is 2. The fraction of sp³-hybridized carbons (Fsp3) is 0.235. The van der Waals surface area contributed by atoms with Gasteiger partial charge in [-0.15, -0.1) is 0 Å². The first kappa shape index (κ1) is 13.8. The van der Waals surface area contributed by atoms with Crippen molar-refractivity contribution in [3.8, 4) is 0 Å². The Kier molecular flexibility index (Phi) is 3.47. The molecule has 0 spiro atoms. The minimum Gasteiger partial charge on any atom is -0.322 e. The van der Waals surface area contributed by atoms with Gasteiger partial charge in [0.1, 0.15) is 5.82 Å². The first-order chi connectivity index (χ1) is 10.0. The molecule has 4 heteroatoms. The third kappa shape index (κ3) is 2.67. The molecule has 0 fully saturated rings. The maximum Gasteiger partial charge on any atom is 0.255 e. The Morgan fingerprint density at radius 1 is 1.24 bits per heavy atom. The summed E-state index contributed by atoms with van der Waals surface area (Å²) < 4.78 is 13.6. The van der Waals surface area contributed by atoms with Crippen molar-refractivity contribution in [2.45, 2.75) is 20.0 Å². The van der Waals surface area contributed by atoms with Crippen LogP contribution in [0.4, 0.5) is 10.1 Å². The van der Waals surface area contributed by atoms with E-state index in [1.807, 2.05) is 19.2 Å². The number of hydrogen-bond donors (Lipinski definition) is 1. The van der Waals surface area contributed by atoms with Crippen molar-refractivity contribution in [2.24, 2.45) is 0 Å². The van der Waals surface area contributed by atoms with E-state index in [9.17, 15) is 9.18 Å². The molecule has 2 aromatic carbocycles. The largest absolute Gasteiger partial charge is 0.322 e. The molecule has 108 valence electrons. The van der Waals surface area contributed by atoms with E-state index >= 15 is 0 Å². The van der Waals surface area contributed by atoms with Gasteiger partial charge in [-0.1, -0.05) is 18.2 Å². The van der Waals surface area contributed by atoms with E-state index < -0.39 is 0 Å². The Morgan fingerprint density at radius 3 is 2.81 bits per heavy atom. The van der Waals surface area contributed by atoms with Gasteiger partial charge in [-0.2, -0.15) is 0 Å². The van der Waals surface area contributed by atoms with E-state index in [0.717, 1.165) is 24.3 Å². The monoisotopic (exact) mass is 284 g/mol. The van der Waals surface area contributed by atoms with Crippen molar-refractivity contribution < 1.29 is 9.18 Å². The van der Waals surface area contributed by atoms with E-state index in [1.165, 1.54) is 11.6 Å². The first-order valence-corrected chi connectivity index (χ1v) is 6.91. The number of carbonyl (C=O) groups excluding carboxylic acids is 1. The van der Waals surface area contributed by atoms with Gasteiger partial charge < -0.3 is 5.32 Å². The van der Waals surface area contributed by atoms with Crippen LogP contribution in [0.2, 0.25) is 0 Å². The molecular weight excluding hydrogens is 267 g/mol. The summed E-state index contributed by atoms with van der Waals surface area (Å²) in [6, 6.07) is 10.4. The SMILES string of the molecule is Cc1ccc(C(=O)Nc2cccc3c2CN(C)C3)cc1F. The van der Waals surface area contributed by atoms with E-state index in [4.69, 9.17) is 0 Å². The highest BCUT2D eigenvalue weighted by molar-refractivity contribution is 6.04. The number of anilines is 1. The van der Waals surface area contributed by atoms with Crippen molar-refractivity contribution in [3.63, 3.8) is 0 Å². The maximum absolute atomic E-state index is 13.6. The summed E-state index contributed by atoms with van der Waals surface area (Å²) in [5.74, 6) is -0.641. The minimum absolute atomic E-state index is 0.281. The Bertz CT molecular complexity index is 712. The molecule has 1 heterocycles. The molecule has 1 aliphatic rings. The normalized spacial score (nSPS) is 14.0. The molecule has 2 aromatic rings. The van der Waals surface area contributed by atoms with Crippen molar-refractivity contribution in [1.82, 2.24) is 4.90 Å². The van der Waals surface area contributed by atoms with Crippen LogP contribution in [0.3, 0.4) is 0 Å². The van der Waals surface area contributed by atoms with Crippen LogP contribution < -0.4 is 5.32 Å². The van der Waals surface area contributed by atoms with E-state index in [1.54, 1.807) is 19.1 Å². The Labute approximate surface area is 123 Å². The van der Waals surface area contributed by atoms with E-state index in [-0.39, 0.29) is 11.7 Å². The molecule has 1 aliphatic heterocycles. The van der Waals surface area contributed by atoms with Crippen LogP contribution in [-0.4, -0.2) is 17.9 Å². The molecule has 0 atom stereocenters. The summed E-state index contributed by atoms with van der Waals surface area (Å²) in [7, 11) is 2.04. The van der Waals surface area contributed by atoms with Gasteiger partial charge in [0.25, 0.3) is 5.91 Å². The second-order valence-corrected chi connectivity index (χ2v) is 5.53. The summed E-state index contributed by atoms with van der Waals surface area (Å²) >= 11 is 0. The van der Waals surface area contributed by atoms with Gasteiger partial charge in [-0.25, -0.2) is 4.39 Å². The predicted molar refractivity (Wildman–Crippen MR) is 80.7 cm³/mol. The van der Waals surface area contributed by atoms with Crippen LogP contribution >= 0.6 is 0 Å². The fourth-order valence-corrected chi connectivity index (χ4v) is 2.63. The zero-order valence-corrected chi connectivity index (χ0v) is 12.1. The molecule has 0 aromatic heterocycles. The van der Waals surface area contributed by atoms with Crippen LogP contribution in [0.25, 0.3) is 0 Å². The molecule has 1 N–H and O–H groups in total. The van der Waals surface area contributed by atoms with Gasteiger partial charge in [-0.05, 0) is 48.9 Å². The lowest BCUT2D eigenvalue weighted by Gasteiger charge is -2.10.